The Morgan fingerprint density at radius 2 is 1.82 bits per heavy atom. The van der Waals surface area contributed by atoms with Gasteiger partial charge in [-0.25, -0.2) is 0 Å². The zero-order chi connectivity index (χ0) is 16.1. The monoisotopic (exact) mass is 350 g/mol. The van der Waals surface area contributed by atoms with Gasteiger partial charge in [0.25, 0.3) is 0 Å². The molecule has 8 heteroatoms. The van der Waals surface area contributed by atoms with Crippen LogP contribution in [0, 0.1) is 0 Å². The van der Waals surface area contributed by atoms with Gasteiger partial charge in [0.2, 0.25) is 4.38 Å². The number of ether oxygens (including phenoxy) is 6. The zero-order valence-electron chi connectivity index (χ0n) is 13.4. The molecule has 3 rings (SSSR count). The summed E-state index contributed by atoms with van der Waals surface area (Å²) in [6.45, 7) is 7.90. The predicted octanol–water partition coefficient (Wildman–Crippen LogP) is 2.05. The predicted molar refractivity (Wildman–Crippen MR) is 84.6 cm³/mol. The van der Waals surface area contributed by atoms with Crippen LogP contribution in [-0.4, -0.2) is 59.5 Å². The Hall–Kier alpha value is 0.0400. The van der Waals surface area contributed by atoms with Gasteiger partial charge in [-0.1, -0.05) is 11.8 Å². The first-order valence-corrected chi connectivity index (χ1v) is 8.91. The second kappa shape index (κ2) is 5.84. The van der Waals surface area contributed by atoms with Crippen LogP contribution in [0.4, 0.5) is 0 Å². The molecule has 0 N–H and O–H groups in total. The lowest BCUT2D eigenvalue weighted by molar-refractivity contribution is -0.230. The van der Waals surface area contributed by atoms with Gasteiger partial charge in [-0.2, -0.15) is 0 Å². The highest BCUT2D eigenvalue weighted by Gasteiger charge is 2.59. The summed E-state index contributed by atoms with van der Waals surface area (Å²) in [7, 11) is 0. The summed E-state index contributed by atoms with van der Waals surface area (Å²) >= 11 is 6.57. The molecule has 3 aliphatic rings. The second-order valence-electron chi connectivity index (χ2n) is 6.47. The van der Waals surface area contributed by atoms with E-state index >= 15 is 0 Å². The third kappa shape index (κ3) is 3.28. The van der Waals surface area contributed by atoms with E-state index in [9.17, 15) is 0 Å². The minimum Gasteiger partial charge on any atom is -0.469 e. The summed E-state index contributed by atoms with van der Waals surface area (Å²) in [5, 5.41) is 0. The van der Waals surface area contributed by atoms with Gasteiger partial charge in [0.15, 0.2) is 30.1 Å². The average molecular weight is 350 g/mol. The van der Waals surface area contributed by atoms with Crippen molar-refractivity contribution in [1.29, 1.82) is 0 Å². The van der Waals surface area contributed by atoms with Gasteiger partial charge < -0.3 is 28.4 Å². The van der Waals surface area contributed by atoms with Crippen molar-refractivity contribution in [1.82, 2.24) is 0 Å². The Morgan fingerprint density at radius 1 is 1.09 bits per heavy atom. The summed E-state index contributed by atoms with van der Waals surface area (Å²) in [6, 6.07) is 0. The third-order valence-corrected chi connectivity index (χ3v) is 4.85. The minimum atomic E-state index is -0.699. The minimum absolute atomic E-state index is 0.245. The quantitative estimate of drug-likeness (QED) is 0.702. The maximum atomic E-state index is 6.01. The van der Waals surface area contributed by atoms with Crippen LogP contribution in [-0.2, 0) is 28.4 Å². The zero-order valence-corrected chi connectivity index (χ0v) is 15.0. The molecular weight excluding hydrogens is 328 g/mol. The van der Waals surface area contributed by atoms with Crippen LogP contribution < -0.4 is 0 Å². The molecule has 0 aromatic rings. The Kier molecular flexibility index (Phi) is 4.48. The van der Waals surface area contributed by atoms with E-state index in [-0.39, 0.29) is 24.4 Å². The highest BCUT2D eigenvalue weighted by molar-refractivity contribution is 8.22. The summed E-state index contributed by atoms with van der Waals surface area (Å²) in [5.41, 5.74) is 0. The lowest BCUT2D eigenvalue weighted by atomic mass is 10.1. The molecule has 3 fully saturated rings. The maximum Gasteiger partial charge on any atom is 0.220 e. The van der Waals surface area contributed by atoms with Crippen molar-refractivity contribution >= 4 is 28.4 Å². The van der Waals surface area contributed by atoms with Gasteiger partial charge in [-0.15, -0.1) is 0 Å². The van der Waals surface area contributed by atoms with E-state index in [4.69, 9.17) is 40.6 Å². The highest BCUT2D eigenvalue weighted by Crippen LogP contribution is 2.42. The van der Waals surface area contributed by atoms with E-state index in [0.717, 1.165) is 0 Å². The first kappa shape index (κ1) is 16.9. The topological polar surface area (TPSA) is 55.4 Å². The Morgan fingerprint density at radius 3 is 2.41 bits per heavy atom. The first-order chi connectivity index (χ1) is 10.2. The average Bonchev–Trinajstić information content (AvgIpc) is 3.01. The van der Waals surface area contributed by atoms with Crippen LogP contribution in [0.1, 0.15) is 27.7 Å². The number of hydrogen-bond donors (Lipinski definition) is 0. The van der Waals surface area contributed by atoms with Crippen molar-refractivity contribution < 1.29 is 28.4 Å². The number of rotatable bonds is 2. The van der Waals surface area contributed by atoms with Gasteiger partial charge in [-0.3, -0.25) is 0 Å². The van der Waals surface area contributed by atoms with Crippen LogP contribution >= 0.6 is 24.0 Å². The molecule has 0 spiro atoms. The third-order valence-electron chi connectivity index (χ3n) is 3.82. The van der Waals surface area contributed by atoms with Gasteiger partial charge in [0, 0.05) is 0 Å². The largest absolute Gasteiger partial charge is 0.469 e. The Labute approximate surface area is 140 Å². The molecule has 3 saturated heterocycles. The van der Waals surface area contributed by atoms with Crippen LogP contribution in [0.3, 0.4) is 0 Å². The number of fused-ring (bicyclic) bond motifs is 1. The fraction of sp³-hybridized carbons (Fsp3) is 0.929. The summed E-state index contributed by atoms with van der Waals surface area (Å²) in [5.74, 6) is -1.33. The smallest absolute Gasteiger partial charge is 0.220 e. The Balaban J connectivity index is 1.76. The van der Waals surface area contributed by atoms with E-state index in [1.165, 1.54) is 11.8 Å². The fourth-order valence-electron chi connectivity index (χ4n) is 2.97. The molecule has 0 unspecified atom stereocenters. The van der Waals surface area contributed by atoms with E-state index in [1.54, 1.807) is 0 Å². The summed E-state index contributed by atoms with van der Waals surface area (Å²) in [6.07, 6.45) is 0.0796. The standard InChI is InChI=1S/C14H22O6S2/c1-13(2)15-6-7(18-13)8-9(17-12(21)22-5)10-11(16-8)20-14(3,4)19-10/h7-11H,6H2,1-5H3/t7-,8-,9-,10-,11-/m1/s1. The molecule has 22 heavy (non-hydrogen) atoms. The lowest BCUT2D eigenvalue weighted by Crippen LogP contribution is -2.44. The number of thiocarbonyl (C=S) groups is 1. The van der Waals surface area contributed by atoms with Crippen LogP contribution in [0.5, 0.6) is 0 Å². The van der Waals surface area contributed by atoms with Gasteiger partial charge >= 0.3 is 0 Å². The lowest BCUT2D eigenvalue weighted by Gasteiger charge is -2.29. The van der Waals surface area contributed by atoms with Gasteiger partial charge in [0.1, 0.15) is 12.2 Å². The molecule has 0 radical (unpaired) electrons. The SMILES string of the molecule is CSC(=S)O[C@H]1[C@H]2OC(C)(C)O[C@H]2O[C@@H]1[C@H]1COC(C)(C)O1. The summed E-state index contributed by atoms with van der Waals surface area (Å²) in [4.78, 5) is 0. The molecule has 126 valence electrons. The van der Waals surface area contributed by atoms with Crippen molar-refractivity contribution in [3.63, 3.8) is 0 Å². The van der Waals surface area contributed by atoms with Gasteiger partial charge in [-0.05, 0) is 46.2 Å². The van der Waals surface area contributed by atoms with Crippen molar-refractivity contribution in [3.8, 4) is 0 Å². The fourth-order valence-corrected chi connectivity index (χ4v) is 3.29. The van der Waals surface area contributed by atoms with Crippen molar-refractivity contribution in [2.45, 2.75) is 70.0 Å². The molecule has 0 aromatic heterocycles. The Bertz CT molecular complexity index is 455. The van der Waals surface area contributed by atoms with E-state index in [2.05, 4.69) is 0 Å². The molecule has 0 aromatic carbocycles. The molecule has 6 nitrogen and oxygen atoms in total. The van der Waals surface area contributed by atoms with Crippen molar-refractivity contribution in [2.24, 2.45) is 0 Å². The number of hydrogen-bond acceptors (Lipinski definition) is 8. The molecule has 0 saturated carbocycles. The molecule has 0 bridgehead atoms. The maximum absolute atomic E-state index is 6.01. The summed E-state index contributed by atoms with van der Waals surface area (Å²) < 4.78 is 35.6. The highest BCUT2D eigenvalue weighted by atomic mass is 32.2. The van der Waals surface area contributed by atoms with Crippen molar-refractivity contribution in [3.05, 3.63) is 0 Å². The number of thioether (sulfide) groups is 1. The van der Waals surface area contributed by atoms with Crippen LogP contribution in [0.2, 0.25) is 0 Å². The van der Waals surface area contributed by atoms with Crippen molar-refractivity contribution in [2.75, 3.05) is 12.9 Å². The first-order valence-electron chi connectivity index (χ1n) is 7.28. The molecular formula is C14H22O6S2. The van der Waals surface area contributed by atoms with E-state index in [1.807, 2.05) is 34.0 Å². The molecule has 5 atom stereocenters. The molecule has 3 aliphatic heterocycles. The van der Waals surface area contributed by atoms with E-state index < -0.39 is 17.9 Å². The van der Waals surface area contributed by atoms with Crippen LogP contribution in [0.15, 0.2) is 0 Å². The second-order valence-corrected chi connectivity index (χ2v) is 7.88. The molecule has 0 aliphatic carbocycles. The molecule has 3 heterocycles. The molecule has 0 amide bonds. The van der Waals surface area contributed by atoms with Crippen LogP contribution in [0.25, 0.3) is 0 Å². The van der Waals surface area contributed by atoms with Gasteiger partial charge in [0.05, 0.1) is 6.61 Å². The normalized spacial score (nSPS) is 42.3. The van der Waals surface area contributed by atoms with E-state index in [0.29, 0.717) is 11.0 Å².